The Balaban J connectivity index is 1.67. The minimum absolute atomic E-state index is 0.0801. The number of Topliss-reactive ketones (excluding diaryl/α,β-unsaturated/α-hetero) is 1. The van der Waals surface area contributed by atoms with Crippen LogP contribution in [0.2, 0.25) is 0 Å². The second-order valence-electron chi connectivity index (χ2n) is 5.57. The molecule has 0 amide bonds. The molecule has 0 aromatic heterocycles. The number of benzene rings is 2. The molecule has 22 heavy (non-hydrogen) atoms. The monoisotopic (exact) mass is 299 g/mol. The van der Waals surface area contributed by atoms with Gasteiger partial charge in [-0.2, -0.15) is 0 Å². The number of carbonyl (C=O) groups is 1. The van der Waals surface area contributed by atoms with Crippen molar-refractivity contribution in [2.75, 3.05) is 20.1 Å². The summed E-state index contributed by atoms with van der Waals surface area (Å²) in [5.74, 6) is -0.228. The Morgan fingerprint density at radius 3 is 2.36 bits per heavy atom. The molecule has 0 spiro atoms. The fraction of sp³-hybridized carbons (Fsp3) is 0.316. The van der Waals surface area contributed by atoms with E-state index < -0.39 is 0 Å². The van der Waals surface area contributed by atoms with Crippen molar-refractivity contribution in [2.45, 2.75) is 19.3 Å². The highest BCUT2D eigenvalue weighted by Gasteiger charge is 2.07. The Labute approximate surface area is 131 Å². The van der Waals surface area contributed by atoms with E-state index in [4.69, 9.17) is 0 Å². The smallest absolute Gasteiger partial charge is 0.162 e. The molecular weight excluding hydrogens is 277 g/mol. The summed E-state index contributed by atoms with van der Waals surface area (Å²) in [5.41, 5.74) is 1.92. The van der Waals surface area contributed by atoms with Gasteiger partial charge >= 0.3 is 0 Å². The van der Waals surface area contributed by atoms with Crippen molar-refractivity contribution in [1.82, 2.24) is 4.90 Å². The molecule has 0 fully saturated rings. The van der Waals surface area contributed by atoms with Crippen molar-refractivity contribution in [3.05, 3.63) is 71.5 Å². The van der Waals surface area contributed by atoms with Gasteiger partial charge in [-0.25, -0.2) is 4.39 Å². The van der Waals surface area contributed by atoms with E-state index in [1.165, 1.54) is 17.7 Å². The summed E-state index contributed by atoms with van der Waals surface area (Å²) in [5, 5.41) is 0. The fourth-order valence-electron chi connectivity index (χ4n) is 2.37. The number of hydrogen-bond acceptors (Lipinski definition) is 2. The summed E-state index contributed by atoms with van der Waals surface area (Å²) < 4.78 is 12.8. The number of carbonyl (C=O) groups excluding carboxylic acids is 1. The molecule has 2 rings (SSSR count). The van der Waals surface area contributed by atoms with Crippen molar-refractivity contribution in [3.63, 3.8) is 0 Å². The van der Waals surface area contributed by atoms with E-state index in [0.717, 1.165) is 25.9 Å². The summed E-state index contributed by atoms with van der Waals surface area (Å²) in [6.07, 6.45) is 2.34. The zero-order chi connectivity index (χ0) is 15.8. The van der Waals surface area contributed by atoms with Crippen LogP contribution in [0.5, 0.6) is 0 Å². The summed E-state index contributed by atoms with van der Waals surface area (Å²) in [6.45, 7) is 1.87. The van der Waals surface area contributed by atoms with Crippen LogP contribution in [0.25, 0.3) is 0 Å². The molecule has 0 aliphatic heterocycles. The normalized spacial score (nSPS) is 10.9. The summed E-state index contributed by atoms with van der Waals surface area (Å²) in [7, 11) is 2.07. The summed E-state index contributed by atoms with van der Waals surface area (Å²) in [6, 6.07) is 16.2. The first-order chi connectivity index (χ1) is 10.6. The molecule has 0 atom stereocenters. The molecule has 2 aromatic carbocycles. The Morgan fingerprint density at radius 1 is 1.00 bits per heavy atom. The van der Waals surface area contributed by atoms with E-state index in [1.807, 2.05) is 6.07 Å². The lowest BCUT2D eigenvalue weighted by Crippen LogP contribution is -2.23. The number of halogens is 1. The molecule has 0 N–H and O–H groups in total. The van der Waals surface area contributed by atoms with Crippen LogP contribution in [0.15, 0.2) is 54.6 Å². The van der Waals surface area contributed by atoms with Gasteiger partial charge in [-0.05, 0) is 56.3 Å². The SMILES string of the molecule is CN(CCCC(=O)c1ccc(F)cc1)CCc1ccccc1. The topological polar surface area (TPSA) is 20.3 Å². The van der Waals surface area contributed by atoms with Gasteiger partial charge < -0.3 is 4.90 Å². The maximum Gasteiger partial charge on any atom is 0.162 e. The highest BCUT2D eigenvalue weighted by molar-refractivity contribution is 5.95. The van der Waals surface area contributed by atoms with Crippen LogP contribution in [0.4, 0.5) is 4.39 Å². The van der Waals surface area contributed by atoms with Crippen molar-refractivity contribution in [3.8, 4) is 0 Å². The van der Waals surface area contributed by atoms with Crippen LogP contribution < -0.4 is 0 Å². The van der Waals surface area contributed by atoms with E-state index in [2.05, 4.69) is 36.2 Å². The fourth-order valence-corrected chi connectivity index (χ4v) is 2.37. The molecule has 0 radical (unpaired) electrons. The van der Waals surface area contributed by atoms with Crippen molar-refractivity contribution in [2.24, 2.45) is 0 Å². The minimum Gasteiger partial charge on any atom is -0.306 e. The first kappa shape index (κ1) is 16.4. The molecule has 116 valence electrons. The second kappa shape index (κ2) is 8.44. The van der Waals surface area contributed by atoms with Gasteiger partial charge in [0.2, 0.25) is 0 Å². The molecule has 0 unspecified atom stereocenters. The molecule has 3 heteroatoms. The third kappa shape index (κ3) is 5.41. The van der Waals surface area contributed by atoms with E-state index in [-0.39, 0.29) is 11.6 Å². The lowest BCUT2D eigenvalue weighted by molar-refractivity contribution is 0.0976. The number of ketones is 1. The third-order valence-electron chi connectivity index (χ3n) is 3.73. The maximum absolute atomic E-state index is 12.8. The predicted octanol–water partition coefficient (Wildman–Crippen LogP) is 3.96. The van der Waals surface area contributed by atoms with Gasteiger partial charge in [0.05, 0.1) is 0 Å². The quantitative estimate of drug-likeness (QED) is 0.688. The van der Waals surface area contributed by atoms with Gasteiger partial charge in [0.25, 0.3) is 0 Å². The van der Waals surface area contributed by atoms with Crippen LogP contribution in [0.3, 0.4) is 0 Å². The molecule has 2 nitrogen and oxygen atoms in total. The van der Waals surface area contributed by atoms with E-state index >= 15 is 0 Å². The van der Waals surface area contributed by atoms with Gasteiger partial charge in [-0.1, -0.05) is 30.3 Å². The number of rotatable bonds is 8. The van der Waals surface area contributed by atoms with Crippen LogP contribution in [-0.2, 0) is 6.42 Å². The average Bonchev–Trinajstić information content (AvgIpc) is 2.54. The van der Waals surface area contributed by atoms with E-state index in [9.17, 15) is 9.18 Å². The van der Waals surface area contributed by atoms with Gasteiger partial charge in [0.15, 0.2) is 5.78 Å². The lowest BCUT2D eigenvalue weighted by atomic mass is 10.1. The molecule has 0 saturated carbocycles. The molecule has 0 saturated heterocycles. The largest absolute Gasteiger partial charge is 0.306 e. The number of hydrogen-bond donors (Lipinski definition) is 0. The second-order valence-corrected chi connectivity index (χ2v) is 5.57. The Bertz CT molecular complexity index is 580. The standard InChI is InChI=1S/C19H22FNO/c1-21(15-13-16-6-3-2-4-7-16)14-5-8-19(22)17-9-11-18(20)12-10-17/h2-4,6-7,9-12H,5,8,13-15H2,1H3. The van der Waals surface area contributed by atoms with Crippen molar-refractivity contribution >= 4 is 5.78 Å². The van der Waals surface area contributed by atoms with Crippen molar-refractivity contribution < 1.29 is 9.18 Å². The highest BCUT2D eigenvalue weighted by Crippen LogP contribution is 2.08. The highest BCUT2D eigenvalue weighted by atomic mass is 19.1. The zero-order valence-corrected chi connectivity index (χ0v) is 13.0. The number of nitrogens with zero attached hydrogens (tertiary/aromatic N) is 1. The Hall–Kier alpha value is -2.00. The molecule has 0 bridgehead atoms. The van der Waals surface area contributed by atoms with Gasteiger partial charge in [-0.3, -0.25) is 4.79 Å². The minimum atomic E-state index is -0.308. The first-order valence-electron chi connectivity index (χ1n) is 7.66. The number of likely N-dealkylation sites (N-methyl/N-ethyl adjacent to an activating group) is 1. The zero-order valence-electron chi connectivity index (χ0n) is 13.0. The summed E-state index contributed by atoms with van der Waals surface area (Å²) in [4.78, 5) is 14.2. The first-order valence-corrected chi connectivity index (χ1v) is 7.66. The molecule has 0 aliphatic rings. The molecule has 0 heterocycles. The Morgan fingerprint density at radius 2 is 1.68 bits per heavy atom. The van der Waals surface area contributed by atoms with E-state index in [1.54, 1.807) is 12.1 Å². The van der Waals surface area contributed by atoms with Gasteiger partial charge in [-0.15, -0.1) is 0 Å². The summed E-state index contributed by atoms with van der Waals surface area (Å²) >= 11 is 0. The van der Waals surface area contributed by atoms with Crippen LogP contribution >= 0.6 is 0 Å². The van der Waals surface area contributed by atoms with Crippen LogP contribution in [0.1, 0.15) is 28.8 Å². The Kier molecular flexibility index (Phi) is 6.28. The van der Waals surface area contributed by atoms with Gasteiger partial charge in [0, 0.05) is 18.5 Å². The van der Waals surface area contributed by atoms with Crippen LogP contribution in [0, 0.1) is 5.82 Å². The molecular formula is C19H22FNO. The lowest BCUT2D eigenvalue weighted by Gasteiger charge is -2.16. The molecule has 0 aliphatic carbocycles. The third-order valence-corrected chi connectivity index (χ3v) is 3.73. The molecule has 2 aromatic rings. The van der Waals surface area contributed by atoms with Crippen molar-refractivity contribution in [1.29, 1.82) is 0 Å². The maximum atomic E-state index is 12.8. The van der Waals surface area contributed by atoms with Gasteiger partial charge in [0.1, 0.15) is 5.82 Å². The predicted molar refractivity (Wildman–Crippen MR) is 87.6 cm³/mol. The van der Waals surface area contributed by atoms with E-state index in [0.29, 0.717) is 12.0 Å². The average molecular weight is 299 g/mol. The van der Waals surface area contributed by atoms with Crippen LogP contribution in [-0.4, -0.2) is 30.8 Å².